The van der Waals surface area contributed by atoms with Crippen LogP contribution in [0, 0.1) is 0 Å². The maximum Gasteiger partial charge on any atom is 0.0587 e. The fraction of sp³-hybridized carbons (Fsp3) is 0.500. The number of halogens is 1. The smallest absolute Gasteiger partial charge is 0.0587 e. The van der Waals surface area contributed by atoms with Gasteiger partial charge in [0.2, 0.25) is 0 Å². The molecule has 0 aliphatic carbocycles. The lowest BCUT2D eigenvalue weighted by Crippen LogP contribution is -2.35. The Labute approximate surface area is 105 Å². The van der Waals surface area contributed by atoms with Crippen molar-refractivity contribution in [2.45, 2.75) is 19.0 Å². The van der Waals surface area contributed by atoms with Gasteiger partial charge >= 0.3 is 0 Å². The van der Waals surface area contributed by atoms with Gasteiger partial charge in [-0.3, -0.25) is 4.90 Å². The van der Waals surface area contributed by atoms with Crippen LogP contribution in [0.5, 0.6) is 0 Å². The lowest BCUT2D eigenvalue weighted by molar-refractivity contribution is 0.115. The highest BCUT2D eigenvalue weighted by molar-refractivity contribution is 9.10. The second-order valence-corrected chi connectivity index (χ2v) is 4.71. The molecule has 1 aromatic rings. The zero-order valence-electron chi connectivity index (χ0n) is 9.43. The minimum absolute atomic E-state index is 0.0112. The summed E-state index contributed by atoms with van der Waals surface area (Å²) < 4.78 is 1.07. The number of hydrogen-bond donors (Lipinski definition) is 2. The number of aliphatic hydroxyl groups excluding tert-OH is 2. The second-order valence-electron chi connectivity index (χ2n) is 3.86. The molecule has 0 spiro atoms. The van der Waals surface area contributed by atoms with Gasteiger partial charge in [0.25, 0.3) is 0 Å². The van der Waals surface area contributed by atoms with Crippen molar-refractivity contribution in [3.8, 4) is 0 Å². The summed E-state index contributed by atoms with van der Waals surface area (Å²) in [6.45, 7) is 0.930. The monoisotopic (exact) mass is 287 g/mol. The van der Waals surface area contributed by atoms with Crippen LogP contribution in [-0.2, 0) is 6.54 Å². The van der Waals surface area contributed by atoms with E-state index < -0.39 is 0 Å². The molecular formula is C12H18BrNO2. The SMILES string of the molecule is CN(Cc1ccccc1Br)C(CO)CCO. The summed E-state index contributed by atoms with van der Waals surface area (Å²) in [6, 6.07) is 8.03. The molecule has 1 atom stereocenters. The lowest BCUT2D eigenvalue weighted by atomic mass is 10.1. The third kappa shape index (κ3) is 3.87. The topological polar surface area (TPSA) is 43.7 Å². The molecule has 0 aliphatic heterocycles. The Bertz CT molecular complexity index is 320. The summed E-state index contributed by atoms with van der Waals surface area (Å²) in [5.41, 5.74) is 1.18. The quantitative estimate of drug-likeness (QED) is 0.836. The molecular weight excluding hydrogens is 270 g/mol. The molecule has 1 aromatic carbocycles. The van der Waals surface area contributed by atoms with E-state index in [2.05, 4.69) is 20.8 Å². The summed E-state index contributed by atoms with van der Waals surface area (Å²) >= 11 is 3.50. The number of hydrogen-bond acceptors (Lipinski definition) is 3. The van der Waals surface area contributed by atoms with E-state index in [4.69, 9.17) is 5.11 Å². The maximum absolute atomic E-state index is 9.21. The lowest BCUT2D eigenvalue weighted by Gasteiger charge is -2.26. The highest BCUT2D eigenvalue weighted by Gasteiger charge is 2.14. The van der Waals surface area contributed by atoms with E-state index in [1.165, 1.54) is 5.56 Å². The van der Waals surface area contributed by atoms with Gasteiger partial charge in [-0.2, -0.15) is 0 Å². The van der Waals surface area contributed by atoms with E-state index in [1.807, 2.05) is 31.3 Å². The first-order chi connectivity index (χ1) is 7.69. The summed E-state index contributed by atoms with van der Waals surface area (Å²) in [6.07, 6.45) is 0.595. The average molecular weight is 288 g/mol. The minimum atomic E-state index is 0.0112. The van der Waals surface area contributed by atoms with Crippen molar-refractivity contribution in [1.82, 2.24) is 4.90 Å². The van der Waals surface area contributed by atoms with Crippen molar-refractivity contribution in [3.05, 3.63) is 34.3 Å². The molecule has 0 bridgehead atoms. The predicted molar refractivity (Wildman–Crippen MR) is 68.2 cm³/mol. The van der Waals surface area contributed by atoms with Gasteiger partial charge < -0.3 is 10.2 Å². The van der Waals surface area contributed by atoms with Crippen molar-refractivity contribution in [1.29, 1.82) is 0 Å². The molecule has 0 radical (unpaired) electrons. The number of benzene rings is 1. The van der Waals surface area contributed by atoms with Gasteiger partial charge in [-0.15, -0.1) is 0 Å². The number of aliphatic hydroxyl groups is 2. The highest BCUT2D eigenvalue weighted by atomic mass is 79.9. The molecule has 1 unspecified atom stereocenters. The van der Waals surface area contributed by atoms with Crippen molar-refractivity contribution in [2.24, 2.45) is 0 Å². The summed E-state index contributed by atoms with van der Waals surface area (Å²) in [5, 5.41) is 18.1. The molecule has 2 N–H and O–H groups in total. The van der Waals surface area contributed by atoms with Crippen LogP contribution in [-0.4, -0.2) is 41.4 Å². The summed E-state index contributed by atoms with van der Waals surface area (Å²) in [7, 11) is 1.95. The van der Waals surface area contributed by atoms with Crippen LogP contribution in [0.1, 0.15) is 12.0 Å². The van der Waals surface area contributed by atoms with Crippen LogP contribution in [0.15, 0.2) is 28.7 Å². The summed E-state index contributed by atoms with van der Waals surface area (Å²) in [4.78, 5) is 2.05. The molecule has 90 valence electrons. The Kier molecular flexibility index (Phi) is 5.98. The van der Waals surface area contributed by atoms with Crippen molar-refractivity contribution >= 4 is 15.9 Å². The average Bonchev–Trinajstić information content (AvgIpc) is 2.29. The Morgan fingerprint density at radius 3 is 2.56 bits per heavy atom. The molecule has 0 saturated carbocycles. The number of nitrogens with zero attached hydrogens (tertiary/aromatic N) is 1. The minimum Gasteiger partial charge on any atom is -0.396 e. The largest absolute Gasteiger partial charge is 0.396 e. The van der Waals surface area contributed by atoms with Gasteiger partial charge in [0, 0.05) is 23.7 Å². The van der Waals surface area contributed by atoms with Crippen LogP contribution in [0.4, 0.5) is 0 Å². The molecule has 0 amide bonds. The van der Waals surface area contributed by atoms with E-state index in [0.717, 1.165) is 11.0 Å². The van der Waals surface area contributed by atoms with Crippen LogP contribution in [0.3, 0.4) is 0 Å². The molecule has 3 nitrogen and oxygen atoms in total. The van der Waals surface area contributed by atoms with Gasteiger partial charge in [0.15, 0.2) is 0 Å². The highest BCUT2D eigenvalue weighted by Crippen LogP contribution is 2.18. The maximum atomic E-state index is 9.21. The molecule has 0 fully saturated rings. The zero-order valence-corrected chi connectivity index (χ0v) is 11.0. The standard InChI is InChI=1S/C12H18BrNO2/c1-14(11(9-16)6-7-15)8-10-4-2-3-5-12(10)13/h2-5,11,15-16H,6-9H2,1H3. The van der Waals surface area contributed by atoms with Crippen LogP contribution in [0.2, 0.25) is 0 Å². The first-order valence-corrected chi connectivity index (χ1v) is 6.13. The van der Waals surface area contributed by atoms with Crippen LogP contribution >= 0.6 is 15.9 Å². The molecule has 4 heteroatoms. The number of rotatable bonds is 6. The van der Waals surface area contributed by atoms with E-state index in [1.54, 1.807) is 0 Å². The first-order valence-electron chi connectivity index (χ1n) is 5.34. The van der Waals surface area contributed by atoms with E-state index >= 15 is 0 Å². The number of likely N-dealkylation sites (N-methyl/N-ethyl adjacent to an activating group) is 1. The second kappa shape index (κ2) is 7.01. The van der Waals surface area contributed by atoms with E-state index in [0.29, 0.717) is 6.42 Å². The predicted octanol–water partition coefficient (Wildman–Crippen LogP) is 1.62. The van der Waals surface area contributed by atoms with E-state index in [-0.39, 0.29) is 19.3 Å². The Hall–Kier alpha value is -0.420. The molecule has 0 saturated heterocycles. The van der Waals surface area contributed by atoms with Crippen molar-refractivity contribution < 1.29 is 10.2 Å². The molecule has 0 heterocycles. The Morgan fingerprint density at radius 2 is 2.00 bits per heavy atom. The fourth-order valence-corrected chi connectivity index (χ4v) is 2.03. The van der Waals surface area contributed by atoms with Crippen molar-refractivity contribution in [3.63, 3.8) is 0 Å². The Morgan fingerprint density at radius 1 is 1.31 bits per heavy atom. The van der Waals surface area contributed by atoms with Crippen LogP contribution in [0.25, 0.3) is 0 Å². The van der Waals surface area contributed by atoms with Crippen LogP contribution < -0.4 is 0 Å². The first kappa shape index (κ1) is 13.6. The molecule has 1 rings (SSSR count). The summed E-state index contributed by atoms with van der Waals surface area (Å²) in [5.74, 6) is 0. The van der Waals surface area contributed by atoms with E-state index in [9.17, 15) is 5.11 Å². The fourth-order valence-electron chi connectivity index (χ4n) is 1.62. The molecule has 0 aromatic heterocycles. The Balaban J connectivity index is 2.62. The molecule has 16 heavy (non-hydrogen) atoms. The third-order valence-electron chi connectivity index (χ3n) is 2.67. The van der Waals surface area contributed by atoms with Gasteiger partial charge in [-0.25, -0.2) is 0 Å². The van der Waals surface area contributed by atoms with Gasteiger partial charge in [-0.1, -0.05) is 34.1 Å². The van der Waals surface area contributed by atoms with Crippen molar-refractivity contribution in [2.75, 3.05) is 20.3 Å². The normalized spacial score (nSPS) is 13.1. The zero-order chi connectivity index (χ0) is 12.0. The van der Waals surface area contributed by atoms with Gasteiger partial charge in [0.05, 0.1) is 6.61 Å². The van der Waals surface area contributed by atoms with Gasteiger partial charge in [0.1, 0.15) is 0 Å². The third-order valence-corrected chi connectivity index (χ3v) is 3.45. The molecule has 0 aliphatic rings. The van der Waals surface area contributed by atoms with Gasteiger partial charge in [-0.05, 0) is 25.1 Å².